The summed E-state index contributed by atoms with van der Waals surface area (Å²) in [7, 11) is 0. The summed E-state index contributed by atoms with van der Waals surface area (Å²) in [5.74, 6) is 0. The fourth-order valence-electron chi connectivity index (χ4n) is 2.53. The molecule has 1 aromatic heterocycles. The summed E-state index contributed by atoms with van der Waals surface area (Å²) in [4.78, 5) is 2.34. The van der Waals surface area contributed by atoms with Crippen LogP contribution in [0.1, 0.15) is 12.5 Å². The number of benzene rings is 1. The minimum absolute atomic E-state index is 0.285. The fourth-order valence-corrected chi connectivity index (χ4v) is 2.53. The van der Waals surface area contributed by atoms with Gasteiger partial charge in [0.05, 0.1) is 36.7 Å². The van der Waals surface area contributed by atoms with Crippen molar-refractivity contribution >= 4 is 0 Å². The first kappa shape index (κ1) is 13.8. The highest BCUT2D eigenvalue weighted by Crippen LogP contribution is 2.17. The van der Waals surface area contributed by atoms with Crippen molar-refractivity contribution in [3.05, 3.63) is 42.1 Å². The lowest BCUT2D eigenvalue weighted by atomic mass is 10.1. The molecule has 1 aromatic carbocycles. The molecule has 0 aliphatic carbocycles. The van der Waals surface area contributed by atoms with E-state index in [0.717, 1.165) is 37.6 Å². The molecular formula is C16H18N4O. The van der Waals surface area contributed by atoms with E-state index < -0.39 is 0 Å². The summed E-state index contributed by atoms with van der Waals surface area (Å²) in [5.41, 5.74) is 2.63. The lowest BCUT2D eigenvalue weighted by Crippen LogP contribution is -2.41. The number of morpholine rings is 1. The van der Waals surface area contributed by atoms with Crippen LogP contribution in [-0.2, 0) is 11.4 Å². The van der Waals surface area contributed by atoms with Crippen molar-refractivity contribution in [2.24, 2.45) is 0 Å². The van der Waals surface area contributed by atoms with Gasteiger partial charge in [-0.1, -0.05) is 12.1 Å². The lowest BCUT2D eigenvalue weighted by molar-refractivity contribution is -0.0304. The van der Waals surface area contributed by atoms with E-state index in [1.165, 1.54) is 0 Å². The first-order valence-corrected chi connectivity index (χ1v) is 7.12. The molecule has 1 atom stereocenters. The van der Waals surface area contributed by atoms with Crippen molar-refractivity contribution in [3.8, 4) is 17.3 Å². The van der Waals surface area contributed by atoms with Crippen LogP contribution in [-0.4, -0.2) is 40.5 Å². The van der Waals surface area contributed by atoms with Crippen LogP contribution in [0.2, 0.25) is 0 Å². The molecule has 0 radical (unpaired) electrons. The maximum Gasteiger partial charge on any atom is 0.0991 e. The molecule has 108 valence electrons. The van der Waals surface area contributed by atoms with Crippen molar-refractivity contribution < 1.29 is 4.74 Å². The van der Waals surface area contributed by atoms with Crippen molar-refractivity contribution in [1.82, 2.24) is 14.7 Å². The minimum Gasteiger partial charge on any atom is -0.376 e. The van der Waals surface area contributed by atoms with Crippen molar-refractivity contribution in [3.63, 3.8) is 0 Å². The van der Waals surface area contributed by atoms with Gasteiger partial charge in [0.2, 0.25) is 0 Å². The molecule has 3 rings (SSSR count). The Labute approximate surface area is 124 Å². The number of ether oxygens (including phenoxy) is 1. The third-order valence-electron chi connectivity index (χ3n) is 3.62. The first-order valence-electron chi connectivity index (χ1n) is 7.12. The zero-order chi connectivity index (χ0) is 14.7. The first-order chi connectivity index (χ1) is 10.2. The molecule has 0 N–H and O–H groups in total. The van der Waals surface area contributed by atoms with Crippen LogP contribution in [0.25, 0.3) is 11.3 Å². The van der Waals surface area contributed by atoms with Gasteiger partial charge in [-0.05, 0) is 25.1 Å². The van der Waals surface area contributed by atoms with Crippen molar-refractivity contribution in [2.45, 2.75) is 19.7 Å². The predicted octanol–water partition coefficient (Wildman–Crippen LogP) is 2.10. The molecule has 2 heterocycles. The Morgan fingerprint density at radius 2 is 2.14 bits per heavy atom. The maximum absolute atomic E-state index is 8.82. The van der Waals surface area contributed by atoms with Crippen LogP contribution in [0, 0.1) is 11.3 Å². The van der Waals surface area contributed by atoms with Crippen molar-refractivity contribution in [2.75, 3.05) is 19.7 Å². The largest absolute Gasteiger partial charge is 0.376 e. The quantitative estimate of drug-likeness (QED) is 0.865. The number of rotatable bonds is 3. The minimum atomic E-state index is 0.285. The van der Waals surface area contributed by atoms with E-state index in [4.69, 9.17) is 10.00 Å². The van der Waals surface area contributed by atoms with E-state index in [1.54, 1.807) is 0 Å². The SMILES string of the molecule is C[C@@H]1CN(Cn2ccc(-c3ccc(C#N)cc3)n2)CCO1. The third-order valence-corrected chi connectivity index (χ3v) is 3.62. The Hall–Kier alpha value is -2.16. The molecule has 0 unspecified atom stereocenters. The highest BCUT2D eigenvalue weighted by Gasteiger charge is 2.16. The molecule has 5 heteroatoms. The zero-order valence-corrected chi connectivity index (χ0v) is 12.1. The number of aromatic nitrogens is 2. The molecule has 21 heavy (non-hydrogen) atoms. The second-order valence-electron chi connectivity index (χ2n) is 5.33. The van der Waals surface area contributed by atoms with Crippen LogP contribution in [0.15, 0.2) is 36.5 Å². The Balaban J connectivity index is 1.69. The van der Waals surface area contributed by atoms with Gasteiger partial charge < -0.3 is 4.74 Å². The fraction of sp³-hybridized carbons (Fsp3) is 0.375. The van der Waals surface area contributed by atoms with Gasteiger partial charge in [0.25, 0.3) is 0 Å². The van der Waals surface area contributed by atoms with E-state index >= 15 is 0 Å². The molecule has 1 saturated heterocycles. The standard InChI is InChI=1S/C16H18N4O/c1-13-11-19(8-9-21-13)12-20-7-6-16(18-20)15-4-2-14(10-17)3-5-15/h2-7,13H,8-9,11-12H2,1H3/t13-/m1/s1. The average molecular weight is 282 g/mol. The Bertz CT molecular complexity index is 641. The van der Waals surface area contributed by atoms with Gasteiger partial charge in [-0.2, -0.15) is 10.4 Å². The van der Waals surface area contributed by atoms with Crippen molar-refractivity contribution in [1.29, 1.82) is 5.26 Å². The molecule has 0 saturated carbocycles. The molecule has 0 amide bonds. The van der Waals surface area contributed by atoms with Gasteiger partial charge in [0.15, 0.2) is 0 Å². The van der Waals surface area contributed by atoms with Gasteiger partial charge in [0.1, 0.15) is 0 Å². The second kappa shape index (κ2) is 6.08. The van der Waals surface area contributed by atoms with E-state index in [9.17, 15) is 0 Å². The van der Waals surface area contributed by atoms with Gasteiger partial charge in [0, 0.05) is 24.8 Å². The summed E-state index contributed by atoms with van der Waals surface area (Å²) in [6, 6.07) is 11.6. The molecular weight excluding hydrogens is 264 g/mol. The molecule has 0 bridgehead atoms. The van der Waals surface area contributed by atoms with E-state index in [-0.39, 0.29) is 6.10 Å². The van der Waals surface area contributed by atoms with Crippen LogP contribution >= 0.6 is 0 Å². The molecule has 0 spiro atoms. The monoisotopic (exact) mass is 282 g/mol. The van der Waals surface area contributed by atoms with Gasteiger partial charge >= 0.3 is 0 Å². The Kier molecular flexibility index (Phi) is 4.00. The molecule has 5 nitrogen and oxygen atoms in total. The lowest BCUT2D eigenvalue weighted by Gasteiger charge is -2.30. The van der Waals surface area contributed by atoms with Gasteiger partial charge in [-0.3, -0.25) is 9.58 Å². The summed E-state index contributed by atoms with van der Waals surface area (Å²) < 4.78 is 7.49. The highest BCUT2D eigenvalue weighted by molar-refractivity contribution is 5.59. The molecule has 2 aromatic rings. The number of nitrogens with zero attached hydrogens (tertiary/aromatic N) is 4. The van der Waals surface area contributed by atoms with Crippen LogP contribution in [0.4, 0.5) is 0 Å². The molecule has 1 aliphatic rings. The summed E-state index contributed by atoms with van der Waals surface area (Å²) >= 11 is 0. The van der Waals surface area contributed by atoms with Gasteiger partial charge in [-0.25, -0.2) is 0 Å². The number of hydrogen-bond donors (Lipinski definition) is 0. The van der Waals surface area contributed by atoms with Crippen LogP contribution < -0.4 is 0 Å². The van der Waals surface area contributed by atoms with E-state index in [2.05, 4.69) is 23.0 Å². The topological polar surface area (TPSA) is 54.1 Å². The second-order valence-corrected chi connectivity index (χ2v) is 5.33. The van der Waals surface area contributed by atoms with E-state index in [0.29, 0.717) is 5.56 Å². The predicted molar refractivity (Wildman–Crippen MR) is 79.4 cm³/mol. The van der Waals surface area contributed by atoms with Crippen LogP contribution in [0.3, 0.4) is 0 Å². The average Bonchev–Trinajstić information content (AvgIpc) is 2.96. The van der Waals surface area contributed by atoms with Gasteiger partial charge in [-0.15, -0.1) is 0 Å². The Morgan fingerprint density at radius 3 is 2.86 bits per heavy atom. The summed E-state index contributed by atoms with van der Waals surface area (Å²) in [6.07, 6.45) is 2.28. The number of nitriles is 1. The summed E-state index contributed by atoms with van der Waals surface area (Å²) in [5, 5.41) is 13.4. The smallest absolute Gasteiger partial charge is 0.0991 e. The number of hydrogen-bond acceptors (Lipinski definition) is 4. The van der Waals surface area contributed by atoms with Crippen LogP contribution in [0.5, 0.6) is 0 Å². The highest BCUT2D eigenvalue weighted by atomic mass is 16.5. The van der Waals surface area contributed by atoms with E-state index in [1.807, 2.05) is 41.2 Å². The third kappa shape index (κ3) is 3.30. The normalized spacial score (nSPS) is 19.3. The molecule has 1 fully saturated rings. The zero-order valence-electron chi connectivity index (χ0n) is 12.1. The molecule has 1 aliphatic heterocycles. The summed E-state index contributed by atoms with van der Waals surface area (Å²) in [6.45, 7) is 5.54. The Morgan fingerprint density at radius 1 is 1.33 bits per heavy atom. The maximum atomic E-state index is 8.82.